The average Bonchev–Trinajstić information content (AvgIpc) is 2.24. The number of hydrogen-bond donors (Lipinski definition) is 2. The Morgan fingerprint density at radius 2 is 2.20 bits per heavy atom. The minimum Gasteiger partial charge on any atom is -0.383 e. The van der Waals surface area contributed by atoms with Crippen LogP contribution < -0.4 is 11.1 Å². The Kier molecular flexibility index (Phi) is 3.13. The summed E-state index contributed by atoms with van der Waals surface area (Å²) in [5.74, 6) is 1.34. The molecule has 0 atom stereocenters. The van der Waals surface area contributed by atoms with Crippen molar-refractivity contribution in [3.05, 3.63) is 17.6 Å². The molecule has 5 nitrogen and oxygen atoms in total. The van der Waals surface area contributed by atoms with Crippen LogP contribution in [0.1, 0.15) is 11.4 Å². The van der Waals surface area contributed by atoms with Crippen LogP contribution in [-0.2, 0) is 6.54 Å². The molecule has 1 aliphatic heterocycles. The fraction of sp³-hybridized carbons (Fsp3) is 0.600. The van der Waals surface area contributed by atoms with Crippen molar-refractivity contribution >= 4 is 5.82 Å². The van der Waals surface area contributed by atoms with Crippen LogP contribution >= 0.6 is 0 Å². The van der Waals surface area contributed by atoms with Crippen LogP contribution in [0.4, 0.5) is 5.82 Å². The SMILES string of the molecule is Cc1ncc(CN2CCNCC2)c(N)n1. The normalized spacial score (nSPS) is 17.9. The Balaban J connectivity index is 2.03. The second-order valence-electron chi connectivity index (χ2n) is 3.85. The average molecular weight is 207 g/mol. The zero-order chi connectivity index (χ0) is 10.7. The second kappa shape index (κ2) is 4.55. The molecule has 5 heteroatoms. The van der Waals surface area contributed by atoms with Gasteiger partial charge in [-0.1, -0.05) is 0 Å². The predicted molar refractivity (Wildman–Crippen MR) is 59.3 cm³/mol. The van der Waals surface area contributed by atoms with Crippen molar-refractivity contribution in [3.8, 4) is 0 Å². The third kappa shape index (κ3) is 2.64. The number of hydrogen-bond acceptors (Lipinski definition) is 5. The molecule has 0 spiro atoms. The molecule has 0 aliphatic carbocycles. The van der Waals surface area contributed by atoms with Crippen LogP contribution in [0.3, 0.4) is 0 Å². The molecule has 1 aliphatic rings. The first-order chi connectivity index (χ1) is 7.25. The summed E-state index contributed by atoms with van der Waals surface area (Å²) in [7, 11) is 0. The summed E-state index contributed by atoms with van der Waals surface area (Å²) in [6, 6.07) is 0. The second-order valence-corrected chi connectivity index (χ2v) is 3.85. The van der Waals surface area contributed by atoms with E-state index >= 15 is 0 Å². The number of nitrogen functional groups attached to an aromatic ring is 1. The molecule has 1 fully saturated rings. The first-order valence-electron chi connectivity index (χ1n) is 5.27. The molecular formula is C10H17N5. The largest absolute Gasteiger partial charge is 0.383 e. The Bertz CT molecular complexity index is 333. The number of aryl methyl sites for hydroxylation is 1. The van der Waals surface area contributed by atoms with Crippen LogP contribution in [0.15, 0.2) is 6.20 Å². The molecule has 2 rings (SSSR count). The molecule has 1 aromatic heterocycles. The van der Waals surface area contributed by atoms with Crippen molar-refractivity contribution in [2.45, 2.75) is 13.5 Å². The number of nitrogens with one attached hydrogen (secondary N) is 1. The van der Waals surface area contributed by atoms with Crippen molar-refractivity contribution in [2.24, 2.45) is 0 Å². The summed E-state index contributed by atoms with van der Waals surface area (Å²) < 4.78 is 0. The topological polar surface area (TPSA) is 67.1 Å². The summed E-state index contributed by atoms with van der Waals surface area (Å²) in [6.07, 6.45) is 1.83. The molecule has 0 aromatic carbocycles. The first-order valence-corrected chi connectivity index (χ1v) is 5.27. The van der Waals surface area contributed by atoms with Crippen LogP contribution in [0.2, 0.25) is 0 Å². The smallest absolute Gasteiger partial charge is 0.131 e. The van der Waals surface area contributed by atoms with E-state index in [1.807, 2.05) is 13.1 Å². The molecule has 1 saturated heterocycles. The molecule has 0 amide bonds. The van der Waals surface area contributed by atoms with Crippen molar-refractivity contribution in [1.29, 1.82) is 0 Å². The lowest BCUT2D eigenvalue weighted by Gasteiger charge is -2.27. The summed E-state index contributed by atoms with van der Waals surface area (Å²) in [5.41, 5.74) is 6.88. The van der Waals surface area contributed by atoms with E-state index in [0.717, 1.165) is 44.1 Å². The van der Waals surface area contributed by atoms with Gasteiger partial charge in [0, 0.05) is 44.5 Å². The Morgan fingerprint density at radius 3 is 2.87 bits per heavy atom. The molecule has 3 N–H and O–H groups in total. The molecule has 0 unspecified atom stereocenters. The molecule has 0 bridgehead atoms. The van der Waals surface area contributed by atoms with Crippen molar-refractivity contribution in [3.63, 3.8) is 0 Å². The monoisotopic (exact) mass is 207 g/mol. The summed E-state index contributed by atoms with van der Waals surface area (Å²) in [5, 5.41) is 3.32. The quantitative estimate of drug-likeness (QED) is 0.701. The fourth-order valence-corrected chi connectivity index (χ4v) is 1.74. The standard InChI is InChI=1S/C10H17N5/c1-8-13-6-9(10(11)14-8)7-15-4-2-12-3-5-15/h6,12H,2-5,7H2,1H3,(H2,11,13,14). The maximum atomic E-state index is 5.85. The Labute approximate surface area is 89.7 Å². The van der Waals surface area contributed by atoms with Crippen LogP contribution in [0.5, 0.6) is 0 Å². The van der Waals surface area contributed by atoms with Gasteiger partial charge in [-0.05, 0) is 6.92 Å². The Morgan fingerprint density at radius 1 is 1.47 bits per heavy atom. The van der Waals surface area contributed by atoms with Gasteiger partial charge in [-0.2, -0.15) is 0 Å². The highest BCUT2D eigenvalue weighted by Crippen LogP contribution is 2.10. The van der Waals surface area contributed by atoms with E-state index in [0.29, 0.717) is 5.82 Å². The zero-order valence-corrected chi connectivity index (χ0v) is 9.03. The lowest BCUT2D eigenvalue weighted by Crippen LogP contribution is -2.43. The number of nitrogens with two attached hydrogens (primary N) is 1. The van der Waals surface area contributed by atoms with Crippen LogP contribution in [0, 0.1) is 6.92 Å². The minimum absolute atomic E-state index is 0.612. The van der Waals surface area contributed by atoms with Crippen molar-refractivity contribution < 1.29 is 0 Å². The summed E-state index contributed by atoms with van der Waals surface area (Å²) in [6.45, 7) is 6.93. The van der Waals surface area contributed by atoms with E-state index in [4.69, 9.17) is 5.73 Å². The molecule has 0 radical (unpaired) electrons. The van der Waals surface area contributed by atoms with Gasteiger partial charge < -0.3 is 11.1 Å². The lowest BCUT2D eigenvalue weighted by molar-refractivity contribution is 0.233. The number of rotatable bonds is 2. The highest BCUT2D eigenvalue weighted by molar-refractivity contribution is 5.37. The van der Waals surface area contributed by atoms with Gasteiger partial charge in [0.1, 0.15) is 11.6 Å². The van der Waals surface area contributed by atoms with Gasteiger partial charge >= 0.3 is 0 Å². The van der Waals surface area contributed by atoms with Crippen LogP contribution in [-0.4, -0.2) is 41.0 Å². The first kappa shape index (κ1) is 10.3. The predicted octanol–water partition coefficient (Wildman–Crippen LogP) is -0.228. The maximum Gasteiger partial charge on any atom is 0.131 e. The maximum absolute atomic E-state index is 5.85. The molecule has 1 aromatic rings. The van der Waals surface area contributed by atoms with Gasteiger partial charge in [0.2, 0.25) is 0 Å². The van der Waals surface area contributed by atoms with E-state index < -0.39 is 0 Å². The third-order valence-electron chi connectivity index (χ3n) is 2.62. The van der Waals surface area contributed by atoms with E-state index in [2.05, 4.69) is 20.2 Å². The van der Waals surface area contributed by atoms with Crippen LogP contribution in [0.25, 0.3) is 0 Å². The van der Waals surface area contributed by atoms with Gasteiger partial charge in [-0.3, -0.25) is 4.90 Å². The lowest BCUT2D eigenvalue weighted by atomic mass is 10.2. The number of piperazine rings is 1. The van der Waals surface area contributed by atoms with E-state index in [9.17, 15) is 0 Å². The molecule has 15 heavy (non-hydrogen) atoms. The molecule has 0 saturated carbocycles. The van der Waals surface area contributed by atoms with E-state index in [1.54, 1.807) is 0 Å². The minimum atomic E-state index is 0.612. The molecular weight excluding hydrogens is 190 g/mol. The fourth-order valence-electron chi connectivity index (χ4n) is 1.74. The van der Waals surface area contributed by atoms with Crippen molar-refractivity contribution in [2.75, 3.05) is 31.9 Å². The van der Waals surface area contributed by atoms with Gasteiger partial charge in [0.15, 0.2) is 0 Å². The number of anilines is 1. The van der Waals surface area contributed by atoms with Gasteiger partial charge in [0.05, 0.1) is 0 Å². The number of nitrogens with zero attached hydrogens (tertiary/aromatic N) is 3. The number of aromatic nitrogens is 2. The van der Waals surface area contributed by atoms with Gasteiger partial charge in [-0.25, -0.2) is 9.97 Å². The van der Waals surface area contributed by atoms with Crippen molar-refractivity contribution in [1.82, 2.24) is 20.2 Å². The molecule has 82 valence electrons. The highest BCUT2D eigenvalue weighted by atomic mass is 15.2. The third-order valence-corrected chi connectivity index (χ3v) is 2.62. The highest BCUT2D eigenvalue weighted by Gasteiger charge is 2.12. The zero-order valence-electron chi connectivity index (χ0n) is 9.03. The van der Waals surface area contributed by atoms with Gasteiger partial charge in [0.25, 0.3) is 0 Å². The van der Waals surface area contributed by atoms with Gasteiger partial charge in [-0.15, -0.1) is 0 Å². The molecule has 2 heterocycles. The van der Waals surface area contributed by atoms with E-state index in [-0.39, 0.29) is 0 Å². The Hall–Kier alpha value is -1.20. The summed E-state index contributed by atoms with van der Waals surface area (Å²) in [4.78, 5) is 10.7. The van der Waals surface area contributed by atoms with E-state index in [1.165, 1.54) is 0 Å². The summed E-state index contributed by atoms with van der Waals surface area (Å²) >= 11 is 0.